The van der Waals surface area contributed by atoms with Gasteiger partial charge < -0.3 is 9.73 Å². The van der Waals surface area contributed by atoms with Gasteiger partial charge in [0, 0.05) is 15.7 Å². The molecule has 0 saturated heterocycles. The lowest BCUT2D eigenvalue weighted by atomic mass is 10.1. The zero-order valence-corrected chi connectivity index (χ0v) is 14.2. The van der Waals surface area contributed by atoms with Gasteiger partial charge in [0.25, 0.3) is 0 Å². The van der Waals surface area contributed by atoms with Crippen LogP contribution in [-0.2, 0) is 6.42 Å². The maximum Gasteiger partial charge on any atom is 0.154 e. The van der Waals surface area contributed by atoms with Crippen molar-refractivity contribution in [2.24, 2.45) is 0 Å². The number of furan rings is 1. The molecule has 0 saturated carbocycles. The molecule has 5 heteroatoms. The van der Waals surface area contributed by atoms with Crippen LogP contribution >= 0.6 is 22.6 Å². The lowest BCUT2D eigenvalue weighted by Gasteiger charge is -2.09. The van der Waals surface area contributed by atoms with Crippen molar-refractivity contribution in [3.63, 3.8) is 0 Å². The number of hydrogen-bond donors (Lipinski definition) is 1. The Morgan fingerprint density at radius 3 is 2.77 bits per heavy atom. The van der Waals surface area contributed by atoms with Gasteiger partial charge in [-0.25, -0.2) is 4.68 Å². The number of hydrogen-bond acceptors (Lipinski definition) is 3. The predicted molar refractivity (Wildman–Crippen MR) is 95.4 cm³/mol. The van der Waals surface area contributed by atoms with Gasteiger partial charge in [0.2, 0.25) is 0 Å². The summed E-state index contributed by atoms with van der Waals surface area (Å²) in [7, 11) is 0. The fourth-order valence-electron chi connectivity index (χ4n) is 2.88. The molecule has 1 aliphatic heterocycles. The quantitative estimate of drug-likeness (QED) is 0.640. The second-order valence-corrected chi connectivity index (χ2v) is 6.67. The predicted octanol–water partition coefficient (Wildman–Crippen LogP) is 4.49. The molecule has 2 aromatic heterocycles. The lowest BCUT2D eigenvalue weighted by Crippen LogP contribution is -2.07. The molecular weight excluding hydrogens is 389 g/mol. The smallest absolute Gasteiger partial charge is 0.154 e. The van der Waals surface area contributed by atoms with E-state index >= 15 is 0 Å². The average molecular weight is 405 g/mol. The Kier molecular flexibility index (Phi) is 3.65. The van der Waals surface area contributed by atoms with Crippen LogP contribution in [0.4, 0.5) is 5.82 Å². The van der Waals surface area contributed by atoms with Crippen LogP contribution in [0.2, 0.25) is 0 Å². The Bertz CT molecular complexity index is 775. The van der Waals surface area contributed by atoms with E-state index in [1.807, 2.05) is 16.8 Å². The first-order valence-electron chi connectivity index (χ1n) is 7.48. The molecule has 0 radical (unpaired) electrons. The minimum atomic E-state index is 0.837. The standard InChI is InChI=1S/C17H16IN3O/c18-12-6-8-13(9-7-12)21-17-14(4-1-2-10-19-17)16(20-21)15-5-3-11-22-15/h3,5-9,11,19H,1-2,4,10H2. The molecule has 1 aromatic carbocycles. The van der Waals surface area contributed by atoms with E-state index in [1.54, 1.807) is 6.26 Å². The number of anilines is 1. The van der Waals surface area contributed by atoms with Crippen LogP contribution < -0.4 is 5.32 Å². The van der Waals surface area contributed by atoms with Crippen molar-refractivity contribution in [2.45, 2.75) is 19.3 Å². The van der Waals surface area contributed by atoms with Gasteiger partial charge in [-0.3, -0.25) is 0 Å². The Labute approximate surface area is 142 Å². The molecule has 1 N–H and O–H groups in total. The van der Waals surface area contributed by atoms with Crippen LogP contribution in [0, 0.1) is 3.57 Å². The molecule has 22 heavy (non-hydrogen) atoms. The topological polar surface area (TPSA) is 43.0 Å². The second kappa shape index (κ2) is 5.79. The van der Waals surface area contributed by atoms with Crippen molar-refractivity contribution in [1.29, 1.82) is 0 Å². The van der Waals surface area contributed by atoms with E-state index in [0.29, 0.717) is 0 Å². The van der Waals surface area contributed by atoms with E-state index in [2.05, 4.69) is 52.2 Å². The van der Waals surface area contributed by atoms with Gasteiger partial charge in [0.15, 0.2) is 5.76 Å². The van der Waals surface area contributed by atoms with Crippen LogP contribution in [0.1, 0.15) is 18.4 Å². The zero-order valence-electron chi connectivity index (χ0n) is 12.1. The molecule has 112 valence electrons. The Hall–Kier alpha value is -1.76. The summed E-state index contributed by atoms with van der Waals surface area (Å²) in [5.74, 6) is 1.94. The van der Waals surface area contributed by atoms with E-state index in [-0.39, 0.29) is 0 Å². The van der Waals surface area contributed by atoms with Gasteiger partial charge in [-0.05, 0) is 78.3 Å². The molecule has 3 heterocycles. The highest BCUT2D eigenvalue weighted by Gasteiger charge is 2.22. The van der Waals surface area contributed by atoms with Crippen molar-refractivity contribution >= 4 is 28.4 Å². The second-order valence-electron chi connectivity index (χ2n) is 5.43. The lowest BCUT2D eigenvalue weighted by molar-refractivity contribution is 0.578. The molecule has 4 nitrogen and oxygen atoms in total. The third-order valence-corrected chi connectivity index (χ3v) is 4.67. The van der Waals surface area contributed by atoms with Gasteiger partial charge >= 0.3 is 0 Å². The maximum absolute atomic E-state index is 5.59. The summed E-state index contributed by atoms with van der Waals surface area (Å²) < 4.78 is 8.82. The number of rotatable bonds is 2. The fraction of sp³-hybridized carbons (Fsp3) is 0.235. The highest BCUT2D eigenvalue weighted by Crippen LogP contribution is 2.34. The van der Waals surface area contributed by atoms with Gasteiger partial charge in [0.05, 0.1) is 12.0 Å². The first-order chi connectivity index (χ1) is 10.8. The SMILES string of the molecule is Ic1ccc(-n2nc(-c3ccco3)c3c2NCCCC3)cc1. The summed E-state index contributed by atoms with van der Waals surface area (Å²) in [5.41, 5.74) is 3.28. The third-order valence-electron chi connectivity index (χ3n) is 3.96. The molecule has 0 bridgehead atoms. The van der Waals surface area contributed by atoms with E-state index in [9.17, 15) is 0 Å². The number of aromatic nitrogens is 2. The summed E-state index contributed by atoms with van der Waals surface area (Å²) in [5, 5.41) is 8.38. The van der Waals surface area contributed by atoms with Crippen molar-refractivity contribution in [1.82, 2.24) is 9.78 Å². The average Bonchev–Trinajstić information content (AvgIpc) is 3.10. The van der Waals surface area contributed by atoms with Gasteiger partial charge in [0.1, 0.15) is 11.5 Å². The van der Waals surface area contributed by atoms with E-state index in [4.69, 9.17) is 9.52 Å². The Balaban J connectivity index is 1.89. The summed E-state index contributed by atoms with van der Waals surface area (Å²) in [6, 6.07) is 12.3. The van der Waals surface area contributed by atoms with Crippen molar-refractivity contribution < 1.29 is 4.42 Å². The summed E-state index contributed by atoms with van der Waals surface area (Å²) in [6.45, 7) is 0.987. The van der Waals surface area contributed by atoms with Gasteiger partial charge in [-0.15, -0.1) is 0 Å². The van der Waals surface area contributed by atoms with E-state index in [1.165, 1.54) is 22.0 Å². The number of benzene rings is 1. The van der Waals surface area contributed by atoms with E-state index < -0.39 is 0 Å². The summed E-state index contributed by atoms with van der Waals surface area (Å²) in [4.78, 5) is 0. The van der Waals surface area contributed by atoms with Gasteiger partial charge in [-0.2, -0.15) is 5.10 Å². The third kappa shape index (κ3) is 2.43. The molecule has 1 aliphatic rings. The molecule has 4 rings (SSSR count). The first kappa shape index (κ1) is 13.9. The maximum atomic E-state index is 5.59. The molecule has 0 spiro atoms. The number of fused-ring (bicyclic) bond motifs is 1. The van der Waals surface area contributed by atoms with E-state index in [0.717, 1.165) is 35.9 Å². The van der Waals surface area contributed by atoms with Crippen molar-refractivity contribution in [2.75, 3.05) is 11.9 Å². The first-order valence-corrected chi connectivity index (χ1v) is 8.56. The van der Waals surface area contributed by atoms with Crippen LogP contribution in [0.25, 0.3) is 17.1 Å². The van der Waals surface area contributed by atoms with Crippen molar-refractivity contribution in [3.05, 3.63) is 51.8 Å². The summed E-state index contributed by atoms with van der Waals surface area (Å²) >= 11 is 2.32. The molecule has 0 atom stereocenters. The zero-order chi connectivity index (χ0) is 14.9. The van der Waals surface area contributed by atoms with Crippen LogP contribution in [0.3, 0.4) is 0 Å². The Morgan fingerprint density at radius 2 is 2.00 bits per heavy atom. The summed E-state index contributed by atoms with van der Waals surface area (Å²) in [6.07, 6.45) is 5.09. The van der Waals surface area contributed by atoms with Crippen molar-refractivity contribution in [3.8, 4) is 17.1 Å². The highest BCUT2D eigenvalue weighted by molar-refractivity contribution is 14.1. The molecule has 0 unspecified atom stereocenters. The van der Waals surface area contributed by atoms with Crippen LogP contribution in [0.15, 0.2) is 47.1 Å². The molecular formula is C17H16IN3O. The molecule has 0 fully saturated rings. The van der Waals surface area contributed by atoms with Gasteiger partial charge in [-0.1, -0.05) is 0 Å². The number of nitrogens with zero attached hydrogens (tertiary/aromatic N) is 2. The number of halogens is 1. The fourth-order valence-corrected chi connectivity index (χ4v) is 3.24. The minimum Gasteiger partial charge on any atom is -0.463 e. The largest absolute Gasteiger partial charge is 0.463 e. The minimum absolute atomic E-state index is 0.837. The highest BCUT2D eigenvalue weighted by atomic mass is 127. The molecule has 3 aromatic rings. The van der Waals surface area contributed by atoms with Crippen LogP contribution in [-0.4, -0.2) is 16.3 Å². The molecule has 0 amide bonds. The van der Waals surface area contributed by atoms with Crippen LogP contribution in [0.5, 0.6) is 0 Å². The Morgan fingerprint density at radius 1 is 1.14 bits per heavy atom. The monoisotopic (exact) mass is 405 g/mol. The number of nitrogens with one attached hydrogen (secondary N) is 1. The normalized spacial score (nSPS) is 14.2. The molecule has 0 aliphatic carbocycles.